The number of hydrogen-bond acceptors (Lipinski definition) is 9. The third-order valence-electron chi connectivity index (χ3n) is 8.02. The molecule has 0 saturated carbocycles. The first kappa shape index (κ1) is 40.0. The molecular weight excluding hydrogens is 622 g/mol. The van der Waals surface area contributed by atoms with E-state index in [1.165, 1.54) is 89.1 Å². The minimum atomic E-state index is -3.82. The summed E-state index contributed by atoms with van der Waals surface area (Å²) in [5.74, 6) is -2.50. The van der Waals surface area contributed by atoms with Crippen molar-refractivity contribution in [2.24, 2.45) is 5.41 Å². The monoisotopic (exact) mass is 677 g/mol. The summed E-state index contributed by atoms with van der Waals surface area (Å²) in [5, 5.41) is 10.4. The lowest BCUT2D eigenvalue weighted by atomic mass is 9.83. The van der Waals surface area contributed by atoms with Crippen LogP contribution in [-0.2, 0) is 34.8 Å². The molecule has 1 heterocycles. The van der Waals surface area contributed by atoms with Crippen molar-refractivity contribution in [3.63, 3.8) is 0 Å². The molecule has 0 aliphatic carbocycles. The molecule has 1 unspecified atom stereocenters. The van der Waals surface area contributed by atoms with E-state index >= 15 is 0 Å². The van der Waals surface area contributed by atoms with Crippen molar-refractivity contribution in [2.75, 3.05) is 26.1 Å². The summed E-state index contributed by atoms with van der Waals surface area (Å²) in [6.45, 7) is 7.13. The average molecular weight is 678 g/mol. The number of amides is 1. The first-order valence-corrected chi connectivity index (χ1v) is 18.4. The molecule has 0 spiro atoms. The Morgan fingerprint density at radius 2 is 1.43 bits per heavy atom. The number of Topliss-reactive ketones (excluding diaryl/α,β-unsaturated/α-hetero) is 1. The summed E-state index contributed by atoms with van der Waals surface area (Å²) in [4.78, 5) is 41.0. The quantitative estimate of drug-likeness (QED) is 0.0774. The summed E-state index contributed by atoms with van der Waals surface area (Å²) in [5.41, 5.74) is -3.75. The molecule has 1 amide bonds. The van der Waals surface area contributed by atoms with Crippen molar-refractivity contribution < 1.29 is 32.3 Å². The van der Waals surface area contributed by atoms with E-state index < -0.39 is 38.8 Å². The number of ketones is 1. The molecule has 0 bridgehead atoms. The van der Waals surface area contributed by atoms with Crippen molar-refractivity contribution >= 4 is 33.4 Å². The highest BCUT2D eigenvalue weighted by Crippen LogP contribution is 2.33. The number of hydrogen-bond donors (Lipinski definition) is 2. The number of unbranched alkanes of at least 4 members (excludes halogenated alkanes) is 13. The van der Waals surface area contributed by atoms with Gasteiger partial charge in [-0.05, 0) is 31.7 Å². The molecule has 2 aromatic rings. The van der Waals surface area contributed by atoms with Crippen LogP contribution in [0.5, 0.6) is 0 Å². The van der Waals surface area contributed by atoms with Gasteiger partial charge in [-0.3, -0.25) is 9.59 Å². The van der Waals surface area contributed by atoms with Gasteiger partial charge in [-0.1, -0.05) is 122 Å². The third-order valence-corrected chi connectivity index (χ3v) is 9.43. The van der Waals surface area contributed by atoms with Gasteiger partial charge in [-0.2, -0.15) is 4.68 Å². The fourth-order valence-electron chi connectivity index (χ4n) is 5.30. The molecule has 12 nitrogen and oxygen atoms in total. The van der Waals surface area contributed by atoms with Crippen molar-refractivity contribution in [1.82, 2.24) is 19.7 Å². The second kappa shape index (κ2) is 19.6. The van der Waals surface area contributed by atoms with Crippen molar-refractivity contribution in [3.05, 3.63) is 36.2 Å². The summed E-state index contributed by atoms with van der Waals surface area (Å²) >= 11 is 0. The number of ether oxygens (including phenoxy) is 2. The molecule has 0 radical (unpaired) electrons. The molecule has 0 aliphatic heterocycles. The molecule has 2 rings (SSSR count). The van der Waals surface area contributed by atoms with Crippen molar-refractivity contribution in [2.45, 2.75) is 128 Å². The molecule has 0 aliphatic rings. The van der Waals surface area contributed by atoms with Crippen LogP contribution in [-0.4, -0.2) is 61.8 Å². The maximum Gasteiger partial charge on any atom is 0.358 e. The van der Waals surface area contributed by atoms with E-state index in [0.29, 0.717) is 6.42 Å². The lowest BCUT2D eigenvalue weighted by Gasteiger charge is -2.36. The molecule has 0 saturated heterocycles. The zero-order chi connectivity index (χ0) is 34.9. The van der Waals surface area contributed by atoms with Crippen molar-refractivity contribution in [1.29, 1.82) is 0 Å². The highest BCUT2D eigenvalue weighted by atomic mass is 32.2. The van der Waals surface area contributed by atoms with Crippen molar-refractivity contribution in [3.8, 4) is 0 Å². The number of rotatable bonds is 23. The van der Waals surface area contributed by atoms with E-state index in [1.807, 2.05) is 0 Å². The van der Waals surface area contributed by atoms with Crippen LogP contribution in [0.4, 0.5) is 5.69 Å². The maximum atomic E-state index is 14.2. The topological polar surface area (TPSA) is 159 Å². The molecule has 2 N–H and O–H groups in total. The van der Waals surface area contributed by atoms with Gasteiger partial charge in [0.2, 0.25) is 15.8 Å². The number of anilines is 1. The highest BCUT2D eigenvalue weighted by Gasteiger charge is 2.55. The average Bonchev–Trinajstić information content (AvgIpc) is 3.54. The number of aromatic nitrogens is 3. The molecule has 47 heavy (non-hydrogen) atoms. The number of methoxy groups -OCH3 is 1. The Labute approximate surface area is 280 Å². The van der Waals surface area contributed by atoms with Crippen LogP contribution in [0.1, 0.15) is 128 Å². The van der Waals surface area contributed by atoms with Gasteiger partial charge in [0.1, 0.15) is 0 Å². The standard InChI is InChI=1S/C34H55N5O7S/c1-7-8-9-10-11-12-13-14-15-16-17-18-19-20-24-46-34(31(41)33(2,3)4,39-29(26-36-38-39)30(40)45-6)32(42)37-27-22-21-23-28(25-27)47(43,44)35-5/h21-23,25-26,35H,7-20,24H2,1-6H3,(H,37,42). The third kappa shape index (κ3) is 11.8. The van der Waals surface area contributed by atoms with Gasteiger partial charge in [0, 0.05) is 11.1 Å². The predicted octanol–water partition coefficient (Wildman–Crippen LogP) is 6.38. The van der Waals surface area contributed by atoms with Crippen LogP contribution < -0.4 is 10.0 Å². The molecule has 0 fully saturated rings. The molecule has 264 valence electrons. The maximum absolute atomic E-state index is 14.2. The number of benzene rings is 1. The van der Waals surface area contributed by atoms with Crippen LogP contribution in [0.3, 0.4) is 0 Å². The number of nitrogens with zero attached hydrogens (tertiary/aromatic N) is 3. The number of nitrogens with one attached hydrogen (secondary N) is 2. The van der Waals surface area contributed by atoms with E-state index in [4.69, 9.17) is 9.47 Å². The second-order valence-corrected chi connectivity index (χ2v) is 14.8. The minimum absolute atomic E-state index is 0.0158. The summed E-state index contributed by atoms with van der Waals surface area (Å²) in [6, 6.07) is 5.56. The van der Waals surface area contributed by atoms with Gasteiger partial charge in [-0.25, -0.2) is 17.9 Å². The Hall–Kier alpha value is -3.16. The summed E-state index contributed by atoms with van der Waals surface area (Å²) in [6.07, 6.45) is 17.4. The van der Waals surface area contributed by atoms with E-state index in [9.17, 15) is 22.8 Å². The summed E-state index contributed by atoms with van der Waals surface area (Å²) < 4.78 is 39.0. The second-order valence-electron chi connectivity index (χ2n) is 12.9. The first-order valence-electron chi connectivity index (χ1n) is 16.9. The fourth-order valence-corrected chi connectivity index (χ4v) is 6.07. The zero-order valence-electron chi connectivity index (χ0n) is 29.1. The smallest absolute Gasteiger partial charge is 0.358 e. The van der Waals surface area contributed by atoms with Gasteiger partial charge in [0.25, 0.3) is 5.91 Å². The molecule has 1 aromatic heterocycles. The lowest BCUT2D eigenvalue weighted by molar-refractivity contribution is -0.179. The van der Waals surface area contributed by atoms with Crippen LogP contribution >= 0.6 is 0 Å². The van der Waals surface area contributed by atoms with Crippen LogP contribution in [0.2, 0.25) is 0 Å². The van der Waals surface area contributed by atoms with Crippen LogP contribution in [0, 0.1) is 5.41 Å². The Morgan fingerprint density at radius 1 is 0.872 bits per heavy atom. The summed E-state index contributed by atoms with van der Waals surface area (Å²) in [7, 11) is -1.38. The fraction of sp³-hybridized carbons (Fsp3) is 0.676. The van der Waals surface area contributed by atoms with Gasteiger partial charge in [0.05, 0.1) is 24.8 Å². The molecule has 1 aromatic carbocycles. The van der Waals surface area contributed by atoms with Crippen LogP contribution in [0.25, 0.3) is 0 Å². The van der Waals surface area contributed by atoms with E-state index in [1.54, 1.807) is 20.8 Å². The Bertz CT molecular complexity index is 1390. The van der Waals surface area contributed by atoms with E-state index in [-0.39, 0.29) is 22.9 Å². The van der Waals surface area contributed by atoms with Gasteiger partial charge < -0.3 is 14.8 Å². The highest BCUT2D eigenvalue weighted by molar-refractivity contribution is 7.89. The van der Waals surface area contributed by atoms with Gasteiger partial charge >= 0.3 is 11.7 Å². The zero-order valence-corrected chi connectivity index (χ0v) is 29.9. The number of esters is 1. The van der Waals surface area contributed by atoms with Gasteiger partial charge in [-0.15, -0.1) is 5.10 Å². The number of sulfonamides is 1. The molecular formula is C34H55N5O7S. The van der Waals surface area contributed by atoms with Gasteiger partial charge in [0.15, 0.2) is 5.69 Å². The first-order chi connectivity index (χ1) is 22.3. The Kier molecular flexibility index (Phi) is 16.7. The Balaban J connectivity index is 2.18. The molecule has 1 atom stereocenters. The normalized spacial score (nSPS) is 13.2. The van der Waals surface area contributed by atoms with E-state index in [0.717, 1.165) is 43.7 Å². The number of carbonyl (C=O) groups excluding carboxylic acids is 3. The van der Waals surface area contributed by atoms with Crippen LogP contribution in [0.15, 0.2) is 35.4 Å². The largest absolute Gasteiger partial charge is 0.464 e. The minimum Gasteiger partial charge on any atom is -0.464 e. The molecule has 13 heteroatoms. The van der Waals surface area contributed by atoms with E-state index in [2.05, 4.69) is 27.3 Å². The predicted molar refractivity (Wildman–Crippen MR) is 181 cm³/mol. The number of carbonyl (C=O) groups is 3. The Morgan fingerprint density at radius 3 is 1.94 bits per heavy atom. The lowest BCUT2D eigenvalue weighted by Crippen LogP contribution is -2.59. The SMILES string of the molecule is CCCCCCCCCCCCCCCCOC(C(=O)Nc1cccc(S(=O)(=O)NC)c1)(C(=O)C(C)(C)C)n1nncc1C(=O)OC.